The highest BCUT2D eigenvalue weighted by Crippen LogP contribution is 2.38. The van der Waals surface area contributed by atoms with Crippen LogP contribution in [-0.2, 0) is 4.74 Å². The molecule has 0 saturated heterocycles. The van der Waals surface area contributed by atoms with Crippen LogP contribution >= 0.6 is 0 Å². The van der Waals surface area contributed by atoms with Gasteiger partial charge < -0.3 is 14.1 Å². The SMILES string of the molecule is COCCN1C(=O)c2oc3ccccc3c(=O)c2[C@@H]1c1ccc([N+](=O)[O-])cc1. The minimum atomic E-state index is -0.695. The number of nitro benzene ring substituents is 1. The van der Waals surface area contributed by atoms with Gasteiger partial charge in [0.2, 0.25) is 5.76 Å². The monoisotopic (exact) mass is 380 g/mol. The smallest absolute Gasteiger partial charge is 0.290 e. The van der Waals surface area contributed by atoms with Crippen LogP contribution in [-0.4, -0.2) is 36.0 Å². The lowest BCUT2D eigenvalue weighted by atomic mass is 9.98. The number of amides is 1. The summed E-state index contributed by atoms with van der Waals surface area (Å²) in [7, 11) is 1.52. The van der Waals surface area contributed by atoms with E-state index in [-0.39, 0.29) is 35.6 Å². The molecule has 1 amide bonds. The fourth-order valence-corrected chi connectivity index (χ4v) is 3.51. The summed E-state index contributed by atoms with van der Waals surface area (Å²) in [4.78, 5) is 38.1. The van der Waals surface area contributed by atoms with Crippen LogP contribution in [0.5, 0.6) is 0 Å². The van der Waals surface area contributed by atoms with E-state index in [1.54, 1.807) is 36.4 Å². The summed E-state index contributed by atoms with van der Waals surface area (Å²) in [5.41, 5.74) is 0.830. The fraction of sp³-hybridized carbons (Fsp3) is 0.200. The predicted molar refractivity (Wildman–Crippen MR) is 100 cm³/mol. The first-order chi connectivity index (χ1) is 13.5. The highest BCUT2D eigenvalue weighted by atomic mass is 16.6. The van der Waals surface area contributed by atoms with E-state index in [9.17, 15) is 19.7 Å². The summed E-state index contributed by atoms with van der Waals surface area (Å²) in [6, 6.07) is 11.9. The lowest BCUT2D eigenvalue weighted by Crippen LogP contribution is -2.32. The summed E-state index contributed by atoms with van der Waals surface area (Å²) < 4.78 is 10.9. The maximum absolute atomic E-state index is 13.2. The van der Waals surface area contributed by atoms with Gasteiger partial charge in [0.1, 0.15) is 5.58 Å². The molecule has 142 valence electrons. The number of methoxy groups -OCH3 is 1. The number of benzene rings is 2. The van der Waals surface area contributed by atoms with Crippen molar-refractivity contribution in [1.29, 1.82) is 0 Å². The van der Waals surface area contributed by atoms with Crippen LogP contribution in [0.4, 0.5) is 5.69 Å². The minimum absolute atomic E-state index is 0.00292. The second-order valence-electron chi connectivity index (χ2n) is 6.41. The Morgan fingerprint density at radius 3 is 2.54 bits per heavy atom. The molecule has 8 nitrogen and oxygen atoms in total. The average molecular weight is 380 g/mol. The molecule has 1 atom stereocenters. The Balaban J connectivity index is 1.92. The first-order valence-electron chi connectivity index (χ1n) is 8.63. The van der Waals surface area contributed by atoms with E-state index >= 15 is 0 Å². The number of carbonyl (C=O) groups excluding carboxylic acids is 1. The van der Waals surface area contributed by atoms with Gasteiger partial charge in [0, 0.05) is 25.8 Å². The first-order valence-corrected chi connectivity index (χ1v) is 8.63. The van der Waals surface area contributed by atoms with E-state index < -0.39 is 16.9 Å². The van der Waals surface area contributed by atoms with Crippen molar-refractivity contribution >= 4 is 22.6 Å². The maximum Gasteiger partial charge on any atom is 0.290 e. The number of nitrogens with zero attached hydrogens (tertiary/aromatic N) is 2. The number of hydrogen-bond donors (Lipinski definition) is 0. The zero-order chi connectivity index (χ0) is 19.8. The lowest BCUT2D eigenvalue weighted by molar-refractivity contribution is -0.384. The Labute approximate surface area is 159 Å². The van der Waals surface area contributed by atoms with Gasteiger partial charge in [-0.2, -0.15) is 0 Å². The van der Waals surface area contributed by atoms with Gasteiger partial charge in [-0.05, 0) is 29.8 Å². The molecule has 0 radical (unpaired) electrons. The molecule has 28 heavy (non-hydrogen) atoms. The van der Waals surface area contributed by atoms with Crippen LogP contribution in [0.15, 0.2) is 57.7 Å². The van der Waals surface area contributed by atoms with Crippen molar-refractivity contribution in [3.63, 3.8) is 0 Å². The molecule has 0 N–H and O–H groups in total. The van der Waals surface area contributed by atoms with Crippen molar-refractivity contribution in [3.05, 3.63) is 85.8 Å². The molecule has 0 aliphatic carbocycles. The molecule has 0 unspecified atom stereocenters. The summed E-state index contributed by atoms with van der Waals surface area (Å²) >= 11 is 0. The molecular formula is C20H16N2O6. The third kappa shape index (κ3) is 2.74. The van der Waals surface area contributed by atoms with Crippen molar-refractivity contribution in [2.24, 2.45) is 0 Å². The molecule has 0 spiro atoms. The van der Waals surface area contributed by atoms with Gasteiger partial charge in [-0.15, -0.1) is 0 Å². The second-order valence-corrected chi connectivity index (χ2v) is 6.41. The summed E-state index contributed by atoms with van der Waals surface area (Å²) in [5, 5.41) is 11.3. The fourth-order valence-electron chi connectivity index (χ4n) is 3.51. The number of para-hydroxylation sites is 1. The highest BCUT2D eigenvalue weighted by molar-refractivity contribution is 5.99. The molecule has 2 heterocycles. The van der Waals surface area contributed by atoms with Gasteiger partial charge >= 0.3 is 0 Å². The van der Waals surface area contributed by atoms with E-state index in [4.69, 9.17) is 9.15 Å². The van der Waals surface area contributed by atoms with Crippen LogP contribution in [0, 0.1) is 10.1 Å². The van der Waals surface area contributed by atoms with Gasteiger partial charge in [-0.25, -0.2) is 0 Å². The van der Waals surface area contributed by atoms with Gasteiger partial charge in [-0.1, -0.05) is 12.1 Å². The molecule has 1 aromatic heterocycles. The summed E-state index contributed by atoms with van der Waals surface area (Å²) in [5.74, 6) is -0.401. The van der Waals surface area contributed by atoms with E-state index in [2.05, 4.69) is 0 Å². The molecule has 1 aliphatic heterocycles. The van der Waals surface area contributed by atoms with Gasteiger partial charge in [0.05, 0.1) is 28.5 Å². The van der Waals surface area contributed by atoms with Crippen molar-refractivity contribution in [2.75, 3.05) is 20.3 Å². The largest absolute Gasteiger partial charge is 0.450 e. The van der Waals surface area contributed by atoms with Crippen LogP contribution in [0.2, 0.25) is 0 Å². The molecule has 8 heteroatoms. The van der Waals surface area contributed by atoms with Crippen LogP contribution in [0.1, 0.15) is 27.7 Å². The van der Waals surface area contributed by atoms with E-state index in [1.807, 2.05) is 0 Å². The van der Waals surface area contributed by atoms with Crippen molar-refractivity contribution in [2.45, 2.75) is 6.04 Å². The van der Waals surface area contributed by atoms with Gasteiger partial charge in [0.25, 0.3) is 11.6 Å². The lowest BCUT2D eigenvalue weighted by Gasteiger charge is -2.24. The second kappa shape index (κ2) is 6.90. The number of fused-ring (bicyclic) bond motifs is 2. The third-order valence-electron chi connectivity index (χ3n) is 4.83. The van der Waals surface area contributed by atoms with Crippen molar-refractivity contribution < 1.29 is 18.9 Å². The number of rotatable bonds is 5. The van der Waals surface area contributed by atoms with Crippen molar-refractivity contribution in [1.82, 2.24) is 4.90 Å². The third-order valence-corrected chi connectivity index (χ3v) is 4.83. The summed E-state index contributed by atoms with van der Waals surface area (Å²) in [6.07, 6.45) is 0. The zero-order valence-corrected chi connectivity index (χ0v) is 15.0. The Morgan fingerprint density at radius 2 is 1.86 bits per heavy atom. The number of nitro groups is 1. The molecule has 0 fully saturated rings. The molecule has 1 aliphatic rings. The Hall–Kier alpha value is -3.52. The quantitative estimate of drug-likeness (QED) is 0.498. The van der Waals surface area contributed by atoms with E-state index in [0.717, 1.165) is 0 Å². The molecule has 2 aromatic carbocycles. The Morgan fingerprint density at radius 1 is 1.14 bits per heavy atom. The summed E-state index contributed by atoms with van der Waals surface area (Å²) in [6.45, 7) is 0.522. The maximum atomic E-state index is 13.2. The first kappa shape index (κ1) is 17.9. The number of carbonyl (C=O) groups is 1. The van der Waals surface area contributed by atoms with Crippen LogP contribution in [0.25, 0.3) is 11.0 Å². The van der Waals surface area contributed by atoms with Crippen LogP contribution < -0.4 is 5.43 Å². The molecular weight excluding hydrogens is 364 g/mol. The zero-order valence-electron chi connectivity index (χ0n) is 15.0. The predicted octanol–water partition coefficient (Wildman–Crippen LogP) is 2.89. The molecule has 3 aromatic rings. The standard InChI is InChI=1S/C20H16N2O6/c1-27-11-10-21-17(12-6-8-13(9-7-12)22(25)26)16-18(23)14-4-2-3-5-15(14)28-19(16)20(21)24/h2-9,17H,10-11H2,1H3/t17-/m0/s1. The van der Waals surface area contributed by atoms with E-state index in [0.29, 0.717) is 16.5 Å². The Kier molecular flexibility index (Phi) is 4.40. The normalized spacial score (nSPS) is 15.8. The highest BCUT2D eigenvalue weighted by Gasteiger charge is 2.42. The van der Waals surface area contributed by atoms with Crippen molar-refractivity contribution in [3.8, 4) is 0 Å². The minimum Gasteiger partial charge on any atom is -0.450 e. The molecule has 0 bridgehead atoms. The van der Waals surface area contributed by atoms with E-state index in [1.165, 1.54) is 24.1 Å². The van der Waals surface area contributed by atoms with Gasteiger partial charge in [0.15, 0.2) is 5.43 Å². The topological polar surface area (TPSA) is 103 Å². The van der Waals surface area contributed by atoms with Crippen LogP contribution in [0.3, 0.4) is 0 Å². The number of hydrogen-bond acceptors (Lipinski definition) is 6. The average Bonchev–Trinajstić information content (AvgIpc) is 2.99. The Bertz CT molecular complexity index is 1140. The molecule has 4 rings (SSSR count). The number of non-ortho nitro benzene ring substituents is 1. The molecule has 0 saturated carbocycles. The van der Waals surface area contributed by atoms with Gasteiger partial charge in [-0.3, -0.25) is 19.7 Å². The number of ether oxygens (including phenoxy) is 1.